The van der Waals surface area contributed by atoms with Crippen molar-refractivity contribution in [1.29, 1.82) is 0 Å². The third kappa shape index (κ3) is 5.22. The number of rotatable bonds is 7. The first-order valence-electron chi connectivity index (χ1n) is 10.5. The van der Waals surface area contributed by atoms with Gasteiger partial charge in [0, 0.05) is 12.1 Å². The van der Waals surface area contributed by atoms with Crippen molar-refractivity contribution < 1.29 is 33.5 Å². The van der Waals surface area contributed by atoms with Gasteiger partial charge in [-0.25, -0.2) is 26.7 Å². The lowest BCUT2D eigenvalue weighted by molar-refractivity contribution is 0.0712. The van der Waals surface area contributed by atoms with E-state index in [2.05, 4.69) is 9.82 Å². The molecule has 4 rings (SSSR count). The number of hydrogen-bond donors (Lipinski definition) is 4. The lowest BCUT2D eigenvalue weighted by Gasteiger charge is -2.31. The molecule has 1 heterocycles. The van der Waals surface area contributed by atoms with E-state index in [1.807, 2.05) is 0 Å². The van der Waals surface area contributed by atoms with Crippen LogP contribution < -0.4 is 20.7 Å². The van der Waals surface area contributed by atoms with Crippen molar-refractivity contribution in [3.05, 3.63) is 66.9 Å². The Morgan fingerprint density at radius 3 is 2.44 bits per heavy atom. The van der Waals surface area contributed by atoms with Crippen LogP contribution >= 0.6 is 23.2 Å². The van der Waals surface area contributed by atoms with Crippen LogP contribution in [0, 0.1) is 0 Å². The predicted octanol–water partition coefficient (Wildman–Crippen LogP) is 2.46. The largest absolute Gasteiger partial charge is 0.507 e. The van der Waals surface area contributed by atoms with Gasteiger partial charge in [-0.1, -0.05) is 23.2 Å². The summed E-state index contributed by atoms with van der Waals surface area (Å²) in [6.07, 6.45) is -4.56. The fraction of sp³-hybridized carbons (Fsp3) is 0.250. The Labute approximate surface area is 212 Å². The zero-order chi connectivity index (χ0) is 27.3. The number of phenols is 1. The van der Waals surface area contributed by atoms with Crippen LogP contribution in [0.5, 0.6) is 17.2 Å². The molecule has 0 atom stereocenters. The number of benzene rings is 2. The molecule has 1 aliphatic rings. The van der Waals surface area contributed by atoms with Crippen LogP contribution in [0.4, 0.5) is 8.78 Å². The molecule has 0 spiro atoms. The van der Waals surface area contributed by atoms with E-state index in [0.29, 0.717) is 4.68 Å². The monoisotopic (exact) mass is 565 g/mol. The number of nitrogens with zero attached hydrogens (tertiary/aromatic N) is 2. The van der Waals surface area contributed by atoms with Crippen molar-refractivity contribution in [3.63, 3.8) is 0 Å². The molecule has 1 saturated carbocycles. The van der Waals surface area contributed by atoms with E-state index in [0.717, 1.165) is 24.3 Å². The molecule has 0 bridgehead atoms. The molecule has 0 unspecified atom stereocenters. The van der Waals surface area contributed by atoms with E-state index in [1.165, 1.54) is 6.07 Å². The molecule has 0 aliphatic heterocycles. The molecule has 0 radical (unpaired) electrons. The second-order valence-corrected chi connectivity index (χ2v) is 10.2. The van der Waals surface area contributed by atoms with Crippen molar-refractivity contribution in [2.45, 2.75) is 36.3 Å². The minimum atomic E-state index is -4.40. The highest BCUT2D eigenvalue weighted by molar-refractivity contribution is 7.89. The van der Waals surface area contributed by atoms with Gasteiger partial charge in [0.05, 0.1) is 21.8 Å². The molecule has 1 aliphatic carbocycles. The maximum atomic E-state index is 13.4. The number of sulfonamides is 1. The summed E-state index contributed by atoms with van der Waals surface area (Å²) >= 11 is 12.4. The number of H-pyrrole nitrogens is 1. The number of aliphatic hydroxyl groups excluding tert-OH is 1. The van der Waals surface area contributed by atoms with Crippen LogP contribution in [0.2, 0.25) is 10.0 Å². The smallest absolute Gasteiger partial charge is 0.349 e. The fourth-order valence-electron chi connectivity index (χ4n) is 3.32. The Bertz CT molecular complexity index is 1580. The molecule has 3 aromatic rings. The average Bonchev–Trinajstić information content (AvgIpc) is 2.75. The van der Waals surface area contributed by atoms with E-state index in [1.54, 1.807) is 4.98 Å². The number of aliphatic hydroxyl groups is 1. The quantitative estimate of drug-likeness (QED) is 0.339. The van der Waals surface area contributed by atoms with Gasteiger partial charge in [-0.15, -0.1) is 0 Å². The summed E-state index contributed by atoms with van der Waals surface area (Å²) in [6, 6.07) is 4.87. The van der Waals surface area contributed by atoms with Gasteiger partial charge < -0.3 is 14.9 Å². The van der Waals surface area contributed by atoms with Crippen molar-refractivity contribution in [3.8, 4) is 22.9 Å². The number of aromatic amines is 1. The lowest BCUT2D eigenvalue weighted by Crippen LogP contribution is -2.46. The molecule has 36 heavy (non-hydrogen) atoms. The van der Waals surface area contributed by atoms with Gasteiger partial charge in [0.2, 0.25) is 10.0 Å². The van der Waals surface area contributed by atoms with Gasteiger partial charge in [0.15, 0.2) is 11.4 Å². The summed E-state index contributed by atoms with van der Waals surface area (Å²) in [6.45, 7) is 0. The number of hydrogen-bond acceptors (Lipinski definition) is 8. The molecular formula is C20H16Cl2F2N4O7S. The fourth-order valence-corrected chi connectivity index (χ4v) is 5.25. The molecular weight excluding hydrogens is 549 g/mol. The number of aromatic hydroxyl groups is 1. The van der Waals surface area contributed by atoms with Crippen molar-refractivity contribution in [2.24, 2.45) is 0 Å². The summed E-state index contributed by atoms with van der Waals surface area (Å²) in [5, 5.41) is 22.2. The maximum absolute atomic E-state index is 13.4. The summed E-state index contributed by atoms with van der Waals surface area (Å²) in [4.78, 5) is 24.8. The van der Waals surface area contributed by atoms with Crippen LogP contribution in [-0.4, -0.2) is 45.5 Å². The number of phenolic OH excluding ortho intramolecular Hbond substituents is 1. The zero-order valence-corrected chi connectivity index (χ0v) is 20.0. The van der Waals surface area contributed by atoms with Gasteiger partial charge in [0.25, 0.3) is 12.0 Å². The van der Waals surface area contributed by atoms with E-state index >= 15 is 0 Å². The highest BCUT2D eigenvalue weighted by atomic mass is 35.5. The van der Waals surface area contributed by atoms with Crippen molar-refractivity contribution >= 4 is 33.2 Å². The first-order chi connectivity index (χ1) is 17.2. The van der Waals surface area contributed by atoms with Gasteiger partial charge in [-0.05, 0) is 37.1 Å². The normalized spacial score (nSPS) is 18.4. The van der Waals surface area contributed by atoms with Crippen molar-refractivity contribution in [1.82, 2.24) is 19.5 Å². The third-order valence-corrected chi connectivity index (χ3v) is 7.22. The SMILES string of the molecule is [2H]C(F)(F)c1nn(-c2cc(Cl)c(Oc3ccc(O)c(S(=O)(=O)NC4CC(O)C4)c3)c(Cl)c2)c(=O)[nH]c1=O. The van der Waals surface area contributed by atoms with Gasteiger partial charge >= 0.3 is 5.69 Å². The second kappa shape index (κ2) is 9.78. The second-order valence-electron chi connectivity index (χ2n) is 7.69. The average molecular weight is 566 g/mol. The Kier molecular flexibility index (Phi) is 6.70. The molecule has 0 saturated heterocycles. The van der Waals surface area contributed by atoms with Gasteiger partial charge in [-0.3, -0.25) is 9.78 Å². The summed E-state index contributed by atoms with van der Waals surface area (Å²) in [5.74, 6) is -0.906. The first-order valence-corrected chi connectivity index (χ1v) is 12.2. The lowest BCUT2D eigenvalue weighted by atomic mass is 9.91. The predicted molar refractivity (Wildman–Crippen MR) is 123 cm³/mol. The van der Waals surface area contributed by atoms with E-state index < -0.39 is 56.2 Å². The molecule has 4 N–H and O–H groups in total. The summed E-state index contributed by atoms with van der Waals surface area (Å²) in [7, 11) is -4.19. The van der Waals surface area contributed by atoms with E-state index in [9.17, 15) is 37.0 Å². The maximum Gasteiger partial charge on any atom is 0.349 e. The molecule has 0 amide bonds. The third-order valence-electron chi connectivity index (χ3n) is 5.11. The van der Waals surface area contributed by atoms with Crippen LogP contribution in [0.25, 0.3) is 5.69 Å². The zero-order valence-electron chi connectivity index (χ0n) is 18.7. The number of ether oxygens (including phenoxy) is 1. The number of aromatic nitrogens is 3. The first kappa shape index (κ1) is 24.6. The summed E-state index contributed by atoms with van der Waals surface area (Å²) < 4.78 is 67.1. The van der Waals surface area contributed by atoms with E-state index in [-0.39, 0.29) is 40.1 Å². The van der Waals surface area contributed by atoms with Gasteiger partial charge in [0.1, 0.15) is 17.8 Å². The van der Waals surface area contributed by atoms with E-state index in [4.69, 9.17) is 29.3 Å². The Balaban J connectivity index is 1.67. The summed E-state index contributed by atoms with van der Waals surface area (Å²) in [5.41, 5.74) is -4.55. The minimum absolute atomic E-state index is 0.112. The van der Waals surface area contributed by atoms with Crippen LogP contribution in [-0.2, 0) is 10.0 Å². The Morgan fingerprint density at radius 1 is 1.22 bits per heavy atom. The number of alkyl halides is 2. The molecule has 2 aromatic carbocycles. The highest BCUT2D eigenvalue weighted by Crippen LogP contribution is 2.39. The van der Waals surface area contributed by atoms with Crippen LogP contribution in [0.3, 0.4) is 0 Å². The minimum Gasteiger partial charge on any atom is -0.507 e. The molecule has 1 aromatic heterocycles. The standard InChI is InChI=1S/C20H16Cl2F2N4O7S/c21-12-5-9(28-20(32)25-19(31)16(26-28)18(23)24)6-13(22)17(12)35-11-1-2-14(30)15(7-11)36(33,34)27-8-3-10(29)4-8/h1-2,5-8,10,18,27,29-30H,3-4H2,(H,25,31,32)/i18D. The van der Waals surface area contributed by atoms with Crippen LogP contribution in [0.1, 0.15) is 26.3 Å². The molecule has 16 heteroatoms. The highest BCUT2D eigenvalue weighted by Gasteiger charge is 2.32. The van der Waals surface area contributed by atoms with Gasteiger partial charge in [-0.2, -0.15) is 9.78 Å². The topological polar surface area (TPSA) is 164 Å². The number of nitrogens with one attached hydrogen (secondary N) is 2. The molecule has 11 nitrogen and oxygen atoms in total. The molecule has 192 valence electrons. The number of halogens is 4. The molecule has 1 fully saturated rings. The Hall–Kier alpha value is -3.04. The van der Waals surface area contributed by atoms with Crippen LogP contribution in [0.15, 0.2) is 44.8 Å². The van der Waals surface area contributed by atoms with Crippen molar-refractivity contribution in [2.75, 3.05) is 0 Å². The Morgan fingerprint density at radius 2 is 1.86 bits per heavy atom.